The smallest absolute Gasteiger partial charge is 0.306 e. The van der Waals surface area contributed by atoms with Crippen LogP contribution in [-0.2, 0) is 63.7 Å². The van der Waals surface area contributed by atoms with Gasteiger partial charge in [0.25, 0.3) is 0 Å². The number of hydrogen-bond acceptors (Lipinski definition) is 19. The molecular formula is C49H86N8O14S. The SMILES string of the molecule is CC(=O)[C@H](CSCC(=O)CCCNC(=O)COCCOCCCC(=O)COCCOCCNC(=O)CC[C@H](CC(=O)CCCCCCCCCCCCCCCc1nn[nH]n1)C(=O)O)NCC(=O)[C@@H](N)CO. The molecule has 1 aromatic heterocycles. The van der Waals surface area contributed by atoms with E-state index in [2.05, 4.69) is 36.6 Å². The van der Waals surface area contributed by atoms with Crippen molar-refractivity contribution in [2.45, 2.75) is 160 Å². The van der Waals surface area contributed by atoms with Gasteiger partial charge in [0.2, 0.25) is 11.8 Å². The minimum atomic E-state index is -1.07. The minimum Gasteiger partial charge on any atom is -0.481 e. The first-order chi connectivity index (χ1) is 34.8. The molecule has 0 saturated carbocycles. The molecule has 0 aliphatic heterocycles. The van der Waals surface area contributed by atoms with Crippen molar-refractivity contribution in [3.8, 4) is 0 Å². The van der Waals surface area contributed by atoms with Gasteiger partial charge in [-0.15, -0.1) is 10.2 Å². The molecule has 72 heavy (non-hydrogen) atoms. The maximum absolute atomic E-state index is 12.5. The molecule has 0 bridgehead atoms. The van der Waals surface area contributed by atoms with Crippen LogP contribution >= 0.6 is 11.8 Å². The summed E-state index contributed by atoms with van der Waals surface area (Å²) in [5, 5.41) is 40.8. The number of ether oxygens (including phenoxy) is 4. The van der Waals surface area contributed by atoms with Crippen LogP contribution in [0.15, 0.2) is 0 Å². The number of carbonyl (C=O) groups excluding carboxylic acids is 7. The lowest BCUT2D eigenvalue weighted by molar-refractivity contribution is -0.144. The third kappa shape index (κ3) is 39.4. The molecule has 412 valence electrons. The number of nitrogens with zero attached hydrogens (tertiary/aromatic N) is 3. The molecule has 3 atom stereocenters. The van der Waals surface area contributed by atoms with Crippen molar-refractivity contribution in [1.82, 2.24) is 36.6 Å². The van der Waals surface area contributed by atoms with Crippen molar-refractivity contribution in [3.05, 3.63) is 5.82 Å². The summed E-state index contributed by atoms with van der Waals surface area (Å²) in [6.45, 7) is 2.43. The highest BCUT2D eigenvalue weighted by Crippen LogP contribution is 2.17. The van der Waals surface area contributed by atoms with Gasteiger partial charge in [-0.3, -0.25) is 43.7 Å². The largest absolute Gasteiger partial charge is 0.481 e. The number of nitrogens with two attached hydrogens (primary N) is 1. The van der Waals surface area contributed by atoms with Crippen LogP contribution in [0.5, 0.6) is 0 Å². The lowest BCUT2D eigenvalue weighted by atomic mass is 9.94. The summed E-state index contributed by atoms with van der Waals surface area (Å²) in [6, 6.07) is -1.63. The monoisotopic (exact) mass is 1040 g/mol. The number of aryl methyl sites for hydroxylation is 1. The van der Waals surface area contributed by atoms with Gasteiger partial charge in [-0.25, -0.2) is 0 Å². The Morgan fingerprint density at radius 1 is 0.653 bits per heavy atom. The number of carboxylic acids is 1. The van der Waals surface area contributed by atoms with Gasteiger partial charge in [-0.05, 0) is 39.0 Å². The molecule has 0 fully saturated rings. The predicted molar refractivity (Wildman–Crippen MR) is 270 cm³/mol. The van der Waals surface area contributed by atoms with Crippen LogP contribution in [0.25, 0.3) is 0 Å². The molecule has 0 aliphatic carbocycles. The number of unbranched alkanes of at least 4 members (excludes halogenated alkanes) is 12. The van der Waals surface area contributed by atoms with Gasteiger partial charge in [0.15, 0.2) is 17.4 Å². The minimum absolute atomic E-state index is 0.00367. The van der Waals surface area contributed by atoms with E-state index in [1.54, 1.807) is 0 Å². The first kappa shape index (κ1) is 65.9. The lowest BCUT2D eigenvalue weighted by Crippen LogP contribution is -2.46. The number of nitrogens with one attached hydrogen (secondary N) is 4. The Hall–Kier alpha value is -4.10. The van der Waals surface area contributed by atoms with Crippen molar-refractivity contribution in [1.29, 1.82) is 0 Å². The number of aliphatic hydroxyl groups is 1. The standard InChI is InChI=1S/C49H86N8O14S/c1-38(59)44(53-32-45(63)43(50)33-58)37-72-36-42(62)18-15-23-51-48(65)35-71-30-27-68-25-16-19-41(61)34-70-29-28-69-26-24-52-47(64)22-21-39(49(66)67)31-40(60)17-13-11-9-7-5-3-2-4-6-8-10-12-14-20-46-54-56-57-55-46/h39,43-44,53,58H,2-37,50H2,1H3,(H,51,65)(H,52,64)(H,66,67)(H,54,55,56,57)/t39-,43+,44+/m1/s1. The summed E-state index contributed by atoms with van der Waals surface area (Å²) in [5.74, 6) is -2.14. The van der Waals surface area contributed by atoms with Gasteiger partial charge in [-0.2, -0.15) is 17.0 Å². The number of rotatable bonds is 53. The Morgan fingerprint density at radius 2 is 1.24 bits per heavy atom. The normalized spacial score (nSPS) is 12.5. The van der Waals surface area contributed by atoms with E-state index in [-0.39, 0.29) is 132 Å². The predicted octanol–water partition coefficient (Wildman–Crippen LogP) is 2.81. The molecule has 1 heterocycles. The van der Waals surface area contributed by atoms with Crippen molar-refractivity contribution in [2.75, 3.05) is 90.6 Å². The fourth-order valence-electron chi connectivity index (χ4n) is 7.12. The number of aromatic nitrogens is 4. The highest BCUT2D eigenvalue weighted by atomic mass is 32.2. The number of ketones is 5. The average Bonchev–Trinajstić information content (AvgIpc) is 3.88. The Bertz CT molecular complexity index is 1640. The maximum atomic E-state index is 12.5. The fraction of sp³-hybridized carbons (Fsp3) is 0.816. The number of tetrazole rings is 1. The molecule has 22 nitrogen and oxygen atoms in total. The number of H-pyrrole nitrogens is 1. The zero-order valence-corrected chi connectivity index (χ0v) is 43.6. The van der Waals surface area contributed by atoms with Crippen LogP contribution in [0.1, 0.15) is 148 Å². The molecule has 23 heteroatoms. The van der Waals surface area contributed by atoms with Crippen molar-refractivity contribution in [3.63, 3.8) is 0 Å². The van der Waals surface area contributed by atoms with Crippen LogP contribution in [-0.4, -0.2) is 180 Å². The third-order valence-corrected chi connectivity index (χ3v) is 12.6. The summed E-state index contributed by atoms with van der Waals surface area (Å²) in [6.07, 6.45) is 17.7. The van der Waals surface area contributed by atoms with Gasteiger partial charge < -0.3 is 45.5 Å². The second kappa shape index (κ2) is 45.5. The van der Waals surface area contributed by atoms with Gasteiger partial charge in [-0.1, -0.05) is 75.8 Å². The quantitative estimate of drug-likeness (QED) is 0.0461. The number of Topliss-reactive ketones (excluding diaryl/α,β-unsaturated/α-hetero) is 5. The first-order valence-electron chi connectivity index (χ1n) is 25.9. The van der Waals surface area contributed by atoms with Crippen LogP contribution in [0.3, 0.4) is 0 Å². The van der Waals surface area contributed by atoms with E-state index < -0.39 is 36.4 Å². The van der Waals surface area contributed by atoms with Gasteiger partial charge in [0.1, 0.15) is 30.6 Å². The summed E-state index contributed by atoms with van der Waals surface area (Å²) in [7, 11) is 0. The number of aromatic amines is 1. The number of aliphatic hydroxyl groups excluding tert-OH is 1. The molecule has 0 radical (unpaired) electrons. The number of carboxylic acid groups (broad SMARTS) is 1. The number of thioether (sulfide) groups is 1. The molecule has 0 saturated heterocycles. The van der Waals surface area contributed by atoms with Crippen LogP contribution < -0.4 is 21.7 Å². The first-order valence-corrected chi connectivity index (χ1v) is 27.0. The number of aliphatic carboxylic acids is 1. The Kier molecular flexibility index (Phi) is 41.7. The van der Waals surface area contributed by atoms with Crippen LogP contribution in [0.4, 0.5) is 0 Å². The molecule has 0 spiro atoms. The Labute approximate surface area is 429 Å². The molecule has 0 aromatic carbocycles. The van der Waals surface area contributed by atoms with Gasteiger partial charge in [0, 0.05) is 64.0 Å². The highest BCUT2D eigenvalue weighted by Gasteiger charge is 2.22. The Balaban J connectivity index is 1.91. The zero-order chi connectivity index (χ0) is 52.9. The fourth-order valence-corrected chi connectivity index (χ4v) is 8.20. The van der Waals surface area contributed by atoms with E-state index in [0.29, 0.717) is 38.2 Å². The Morgan fingerprint density at radius 3 is 1.86 bits per heavy atom. The molecule has 1 aromatic rings. The number of hydrogen-bond donors (Lipinski definition) is 7. The van der Waals surface area contributed by atoms with Crippen molar-refractivity contribution >= 4 is 58.5 Å². The summed E-state index contributed by atoms with van der Waals surface area (Å²) in [5.41, 5.74) is 5.47. The molecular weight excluding hydrogens is 957 g/mol. The van der Waals surface area contributed by atoms with E-state index >= 15 is 0 Å². The topological polar surface area (TPSA) is 331 Å². The van der Waals surface area contributed by atoms with Gasteiger partial charge >= 0.3 is 5.97 Å². The van der Waals surface area contributed by atoms with Crippen molar-refractivity contribution in [2.24, 2.45) is 11.7 Å². The van der Waals surface area contributed by atoms with E-state index in [4.69, 9.17) is 29.8 Å². The van der Waals surface area contributed by atoms with E-state index in [1.807, 2.05) is 0 Å². The second-order valence-electron chi connectivity index (χ2n) is 17.9. The second-order valence-corrected chi connectivity index (χ2v) is 18.9. The molecule has 8 N–H and O–H groups in total. The summed E-state index contributed by atoms with van der Waals surface area (Å²) >= 11 is 1.27. The van der Waals surface area contributed by atoms with Crippen molar-refractivity contribution < 1.29 is 67.5 Å². The molecule has 0 unspecified atom stereocenters. The highest BCUT2D eigenvalue weighted by molar-refractivity contribution is 8.00. The van der Waals surface area contributed by atoms with Crippen LogP contribution in [0, 0.1) is 5.92 Å². The number of carbonyl (C=O) groups is 8. The lowest BCUT2D eigenvalue weighted by Gasteiger charge is -2.16. The molecule has 1 rings (SSSR count). The maximum Gasteiger partial charge on any atom is 0.306 e. The van der Waals surface area contributed by atoms with Gasteiger partial charge in [0.05, 0.1) is 69.9 Å². The third-order valence-electron chi connectivity index (χ3n) is 11.5. The molecule has 2 amide bonds. The summed E-state index contributed by atoms with van der Waals surface area (Å²) in [4.78, 5) is 96.4. The summed E-state index contributed by atoms with van der Waals surface area (Å²) < 4.78 is 21.6. The van der Waals surface area contributed by atoms with E-state index in [1.165, 1.54) is 70.1 Å². The zero-order valence-electron chi connectivity index (χ0n) is 42.8. The van der Waals surface area contributed by atoms with E-state index in [9.17, 15) is 43.5 Å². The van der Waals surface area contributed by atoms with Crippen LogP contribution in [0.2, 0.25) is 0 Å². The average molecular weight is 1040 g/mol. The number of amides is 2. The molecule has 0 aliphatic rings. The van der Waals surface area contributed by atoms with E-state index in [0.717, 1.165) is 44.3 Å².